The van der Waals surface area contributed by atoms with Crippen LogP contribution in [0.5, 0.6) is 0 Å². The molecular weight excluding hydrogens is 220 g/mol. The normalized spacial score (nSPS) is 19.1. The van der Waals surface area contributed by atoms with Crippen LogP contribution in [0.1, 0.15) is 26.2 Å². The van der Waals surface area contributed by atoms with Gasteiger partial charge in [-0.1, -0.05) is 18.2 Å². The zero-order chi connectivity index (χ0) is 12.7. The number of esters is 2. The second kappa shape index (κ2) is 6.89. The first-order chi connectivity index (χ1) is 8.13. The molecule has 1 rings (SSSR count). The van der Waals surface area contributed by atoms with Gasteiger partial charge in [0.2, 0.25) is 0 Å². The van der Waals surface area contributed by atoms with Crippen molar-refractivity contribution in [2.24, 2.45) is 5.92 Å². The van der Waals surface area contributed by atoms with Crippen LogP contribution in [0.3, 0.4) is 0 Å². The predicted octanol–water partition coefficient (Wildman–Crippen LogP) is 2.01. The lowest BCUT2D eigenvalue weighted by Crippen LogP contribution is -2.21. The second-order valence-corrected chi connectivity index (χ2v) is 4.06. The molecule has 0 aromatic heterocycles. The van der Waals surface area contributed by atoms with Crippen LogP contribution in [-0.4, -0.2) is 25.2 Å². The molecule has 1 unspecified atom stereocenters. The third-order valence-corrected chi connectivity index (χ3v) is 2.71. The molecule has 0 spiro atoms. The zero-order valence-electron chi connectivity index (χ0n) is 10.1. The molecule has 0 aromatic carbocycles. The summed E-state index contributed by atoms with van der Waals surface area (Å²) in [6, 6.07) is 0. The van der Waals surface area contributed by atoms with Crippen molar-refractivity contribution in [3.63, 3.8) is 0 Å². The van der Waals surface area contributed by atoms with Crippen molar-refractivity contribution < 1.29 is 19.1 Å². The van der Waals surface area contributed by atoms with Gasteiger partial charge in [0.05, 0.1) is 5.92 Å². The van der Waals surface area contributed by atoms with Gasteiger partial charge < -0.3 is 9.47 Å². The molecule has 1 aliphatic rings. The van der Waals surface area contributed by atoms with Crippen molar-refractivity contribution in [1.29, 1.82) is 0 Å². The quantitative estimate of drug-likeness (QED) is 0.318. The summed E-state index contributed by atoms with van der Waals surface area (Å²) in [6.45, 7) is 5.52. The third-order valence-electron chi connectivity index (χ3n) is 2.71. The van der Waals surface area contributed by atoms with Crippen molar-refractivity contribution in [2.45, 2.75) is 26.2 Å². The molecule has 0 aromatic rings. The van der Waals surface area contributed by atoms with Crippen molar-refractivity contribution in [1.82, 2.24) is 0 Å². The minimum absolute atomic E-state index is 0.0474. The highest BCUT2D eigenvalue weighted by Gasteiger charge is 2.21. The molecule has 94 valence electrons. The Hall–Kier alpha value is -1.58. The number of hydrogen-bond acceptors (Lipinski definition) is 4. The monoisotopic (exact) mass is 238 g/mol. The van der Waals surface area contributed by atoms with Crippen LogP contribution in [0, 0.1) is 5.92 Å². The molecule has 0 amide bonds. The van der Waals surface area contributed by atoms with E-state index in [-0.39, 0.29) is 25.1 Å². The molecule has 0 bridgehead atoms. The highest BCUT2D eigenvalue weighted by molar-refractivity contribution is 5.81. The van der Waals surface area contributed by atoms with E-state index < -0.39 is 5.97 Å². The maximum absolute atomic E-state index is 11.6. The van der Waals surface area contributed by atoms with Gasteiger partial charge in [0, 0.05) is 6.08 Å². The second-order valence-electron chi connectivity index (χ2n) is 4.06. The van der Waals surface area contributed by atoms with Gasteiger partial charge in [-0.2, -0.15) is 0 Å². The van der Waals surface area contributed by atoms with Crippen molar-refractivity contribution >= 4 is 11.9 Å². The van der Waals surface area contributed by atoms with Gasteiger partial charge in [-0.05, 0) is 26.2 Å². The van der Waals surface area contributed by atoms with Gasteiger partial charge in [0.25, 0.3) is 0 Å². The number of allylic oxidation sites excluding steroid dienone is 2. The molecule has 4 nitrogen and oxygen atoms in total. The Morgan fingerprint density at radius 1 is 1.47 bits per heavy atom. The van der Waals surface area contributed by atoms with Crippen molar-refractivity contribution in [3.8, 4) is 0 Å². The maximum Gasteiger partial charge on any atom is 0.330 e. The summed E-state index contributed by atoms with van der Waals surface area (Å²) in [5, 5.41) is 0. The Morgan fingerprint density at radius 3 is 2.76 bits per heavy atom. The van der Waals surface area contributed by atoms with E-state index in [9.17, 15) is 9.59 Å². The van der Waals surface area contributed by atoms with Crippen LogP contribution in [0.4, 0.5) is 0 Å². The van der Waals surface area contributed by atoms with Crippen LogP contribution in [0.25, 0.3) is 0 Å². The fourth-order valence-electron chi connectivity index (χ4n) is 1.64. The highest BCUT2D eigenvalue weighted by Crippen LogP contribution is 2.23. The van der Waals surface area contributed by atoms with E-state index in [2.05, 4.69) is 19.6 Å². The Labute approximate surface area is 101 Å². The summed E-state index contributed by atoms with van der Waals surface area (Å²) in [5.74, 6) is -0.755. The van der Waals surface area contributed by atoms with E-state index in [1.807, 2.05) is 0 Å². The third kappa shape index (κ3) is 4.85. The molecule has 0 fully saturated rings. The van der Waals surface area contributed by atoms with E-state index in [0.717, 1.165) is 25.3 Å². The number of ether oxygens (including phenoxy) is 2. The van der Waals surface area contributed by atoms with E-state index in [1.54, 1.807) is 0 Å². The topological polar surface area (TPSA) is 52.6 Å². The minimum Gasteiger partial charge on any atom is -0.462 e. The summed E-state index contributed by atoms with van der Waals surface area (Å²) >= 11 is 0. The average molecular weight is 238 g/mol. The molecule has 0 aliphatic heterocycles. The standard InChI is InChI=1S/C13H18O4/c1-3-12(14)16-8-9-17-13(15)11-6-4-10(2)5-7-11/h3-4,11H,1,5-9H2,2H3. The fourth-order valence-corrected chi connectivity index (χ4v) is 1.64. The molecule has 0 N–H and O–H groups in total. The molecule has 17 heavy (non-hydrogen) atoms. The van der Waals surface area contributed by atoms with Gasteiger partial charge in [-0.3, -0.25) is 4.79 Å². The van der Waals surface area contributed by atoms with Gasteiger partial charge in [0.15, 0.2) is 0 Å². The van der Waals surface area contributed by atoms with E-state index >= 15 is 0 Å². The molecule has 0 heterocycles. The smallest absolute Gasteiger partial charge is 0.330 e. The van der Waals surface area contributed by atoms with Crippen molar-refractivity contribution in [2.75, 3.05) is 13.2 Å². The summed E-state index contributed by atoms with van der Waals surface area (Å²) in [7, 11) is 0. The predicted molar refractivity (Wildman–Crippen MR) is 63.2 cm³/mol. The first kappa shape index (κ1) is 13.5. The Morgan fingerprint density at radius 2 is 2.18 bits per heavy atom. The first-order valence-electron chi connectivity index (χ1n) is 5.75. The molecule has 4 heteroatoms. The molecule has 0 saturated carbocycles. The molecule has 0 radical (unpaired) electrons. The number of rotatable bonds is 5. The summed E-state index contributed by atoms with van der Waals surface area (Å²) in [4.78, 5) is 22.3. The zero-order valence-corrected chi connectivity index (χ0v) is 10.1. The van der Waals surface area contributed by atoms with E-state index in [1.165, 1.54) is 5.57 Å². The summed E-state index contributed by atoms with van der Waals surface area (Å²) < 4.78 is 9.73. The summed E-state index contributed by atoms with van der Waals surface area (Å²) in [5.41, 5.74) is 1.33. The van der Waals surface area contributed by atoms with Crippen LogP contribution >= 0.6 is 0 Å². The largest absolute Gasteiger partial charge is 0.462 e. The van der Waals surface area contributed by atoms with Crippen molar-refractivity contribution in [3.05, 3.63) is 24.3 Å². The molecular formula is C13H18O4. The SMILES string of the molecule is C=CC(=O)OCCOC(=O)C1CC=C(C)CC1. The Bertz CT molecular complexity index is 330. The van der Waals surface area contributed by atoms with Crippen LogP contribution in [0.15, 0.2) is 24.3 Å². The molecule has 1 aliphatic carbocycles. The first-order valence-corrected chi connectivity index (χ1v) is 5.75. The van der Waals surface area contributed by atoms with Crippen LogP contribution in [0.2, 0.25) is 0 Å². The van der Waals surface area contributed by atoms with Gasteiger partial charge >= 0.3 is 11.9 Å². The van der Waals surface area contributed by atoms with Gasteiger partial charge in [0.1, 0.15) is 13.2 Å². The highest BCUT2D eigenvalue weighted by atomic mass is 16.6. The van der Waals surface area contributed by atoms with Gasteiger partial charge in [-0.25, -0.2) is 4.79 Å². The lowest BCUT2D eigenvalue weighted by atomic mass is 9.90. The number of hydrogen-bond donors (Lipinski definition) is 0. The van der Waals surface area contributed by atoms with Crippen LogP contribution < -0.4 is 0 Å². The fraction of sp³-hybridized carbons (Fsp3) is 0.538. The average Bonchev–Trinajstić information content (AvgIpc) is 2.34. The lowest BCUT2D eigenvalue weighted by Gasteiger charge is -2.18. The lowest BCUT2D eigenvalue weighted by molar-refractivity contribution is -0.153. The molecule has 0 saturated heterocycles. The Kier molecular flexibility index (Phi) is 5.46. The van der Waals surface area contributed by atoms with E-state index in [0.29, 0.717) is 0 Å². The summed E-state index contributed by atoms with van der Waals surface area (Å²) in [6.07, 6.45) is 5.69. The minimum atomic E-state index is -0.503. The van der Waals surface area contributed by atoms with Crippen LogP contribution in [-0.2, 0) is 19.1 Å². The number of carbonyl (C=O) groups is 2. The maximum atomic E-state index is 11.6. The van der Waals surface area contributed by atoms with E-state index in [4.69, 9.17) is 9.47 Å². The van der Waals surface area contributed by atoms with Gasteiger partial charge in [-0.15, -0.1) is 0 Å². The molecule has 1 atom stereocenters. The number of carbonyl (C=O) groups excluding carboxylic acids is 2. The Balaban J connectivity index is 2.17.